The van der Waals surface area contributed by atoms with Crippen LogP contribution in [0.4, 0.5) is 0 Å². The Morgan fingerprint density at radius 1 is 1.41 bits per heavy atom. The summed E-state index contributed by atoms with van der Waals surface area (Å²) in [6, 6.07) is 3.82. The number of aromatic nitrogens is 2. The van der Waals surface area contributed by atoms with Crippen molar-refractivity contribution in [3.63, 3.8) is 0 Å². The lowest BCUT2D eigenvalue weighted by Gasteiger charge is -2.16. The monoisotopic (exact) mass is 232 g/mol. The van der Waals surface area contributed by atoms with Crippen molar-refractivity contribution >= 4 is 0 Å². The molecule has 0 aliphatic carbocycles. The van der Waals surface area contributed by atoms with Crippen molar-refractivity contribution in [2.24, 2.45) is 0 Å². The molecule has 0 spiro atoms. The summed E-state index contributed by atoms with van der Waals surface area (Å²) in [5, 5.41) is 9.09. The standard InChI is InChI=1S/C13H16N2O2/c16-8-6-10-11-4-1-2-7-15(11)13(14-10)12-5-3-9-17-12/h3,5,9,16H,1-2,4,6-8H2. The fraction of sp³-hybridized carbons (Fsp3) is 0.462. The van der Waals surface area contributed by atoms with Crippen molar-refractivity contribution in [1.82, 2.24) is 9.55 Å². The summed E-state index contributed by atoms with van der Waals surface area (Å²) < 4.78 is 7.67. The van der Waals surface area contributed by atoms with E-state index in [0.717, 1.165) is 30.2 Å². The van der Waals surface area contributed by atoms with Crippen molar-refractivity contribution < 1.29 is 9.52 Å². The van der Waals surface area contributed by atoms with E-state index in [2.05, 4.69) is 9.55 Å². The van der Waals surface area contributed by atoms with Crippen LogP contribution in [0.1, 0.15) is 24.2 Å². The minimum Gasteiger partial charge on any atom is -0.461 e. The first-order valence-electron chi connectivity index (χ1n) is 6.13. The maximum Gasteiger partial charge on any atom is 0.176 e. The van der Waals surface area contributed by atoms with Crippen LogP contribution in [0.15, 0.2) is 22.8 Å². The number of hydrogen-bond donors (Lipinski definition) is 1. The van der Waals surface area contributed by atoms with E-state index in [1.165, 1.54) is 18.5 Å². The Morgan fingerprint density at radius 2 is 2.35 bits per heavy atom. The number of rotatable bonds is 3. The first kappa shape index (κ1) is 10.6. The zero-order chi connectivity index (χ0) is 11.7. The lowest BCUT2D eigenvalue weighted by Crippen LogP contribution is -2.12. The molecule has 4 nitrogen and oxygen atoms in total. The predicted octanol–water partition coefficient (Wildman–Crippen LogP) is 2.01. The first-order chi connectivity index (χ1) is 8.40. The van der Waals surface area contributed by atoms with E-state index in [4.69, 9.17) is 9.52 Å². The molecule has 0 amide bonds. The van der Waals surface area contributed by atoms with Crippen LogP contribution in [-0.2, 0) is 19.4 Å². The van der Waals surface area contributed by atoms with Crippen LogP contribution >= 0.6 is 0 Å². The number of hydrogen-bond acceptors (Lipinski definition) is 3. The second kappa shape index (κ2) is 4.37. The minimum absolute atomic E-state index is 0.154. The van der Waals surface area contributed by atoms with Gasteiger partial charge in [0.2, 0.25) is 0 Å². The Morgan fingerprint density at radius 3 is 3.12 bits per heavy atom. The Bertz CT molecular complexity index is 500. The molecule has 0 atom stereocenters. The average Bonchev–Trinajstić information content (AvgIpc) is 2.97. The van der Waals surface area contributed by atoms with Crippen LogP contribution < -0.4 is 0 Å². The third kappa shape index (κ3) is 1.78. The predicted molar refractivity (Wildman–Crippen MR) is 63.7 cm³/mol. The summed E-state index contributed by atoms with van der Waals surface area (Å²) >= 11 is 0. The maximum atomic E-state index is 9.09. The summed E-state index contributed by atoms with van der Waals surface area (Å²) in [5.41, 5.74) is 2.30. The molecule has 0 fully saturated rings. The SMILES string of the molecule is OCCc1nc(-c2ccco2)n2c1CCCC2. The highest BCUT2D eigenvalue weighted by molar-refractivity contribution is 5.50. The Labute approximate surface area is 99.9 Å². The molecule has 3 rings (SSSR count). The van der Waals surface area contributed by atoms with Gasteiger partial charge in [-0.05, 0) is 31.4 Å². The summed E-state index contributed by atoms with van der Waals surface area (Å²) in [7, 11) is 0. The fourth-order valence-electron chi connectivity index (χ4n) is 2.52. The second-order valence-electron chi connectivity index (χ2n) is 4.39. The van der Waals surface area contributed by atoms with Gasteiger partial charge in [-0.15, -0.1) is 0 Å². The Hall–Kier alpha value is -1.55. The van der Waals surface area contributed by atoms with Gasteiger partial charge in [0.05, 0.1) is 12.0 Å². The number of imidazole rings is 1. The molecule has 0 saturated heterocycles. The van der Waals surface area contributed by atoms with Gasteiger partial charge in [-0.3, -0.25) is 0 Å². The molecule has 17 heavy (non-hydrogen) atoms. The average molecular weight is 232 g/mol. The summed E-state index contributed by atoms with van der Waals surface area (Å²) in [5.74, 6) is 1.73. The third-order valence-electron chi connectivity index (χ3n) is 3.29. The van der Waals surface area contributed by atoms with Crippen molar-refractivity contribution in [2.75, 3.05) is 6.61 Å². The molecule has 2 aromatic heterocycles. The van der Waals surface area contributed by atoms with Gasteiger partial charge in [0.15, 0.2) is 11.6 Å². The van der Waals surface area contributed by atoms with Gasteiger partial charge < -0.3 is 14.1 Å². The highest BCUT2D eigenvalue weighted by Crippen LogP contribution is 2.27. The molecule has 4 heteroatoms. The molecule has 2 aromatic rings. The van der Waals surface area contributed by atoms with Crippen LogP contribution in [0.2, 0.25) is 0 Å². The summed E-state index contributed by atoms with van der Waals surface area (Å²) in [6.07, 6.45) is 5.77. The third-order valence-corrected chi connectivity index (χ3v) is 3.29. The van der Waals surface area contributed by atoms with Gasteiger partial charge >= 0.3 is 0 Å². The first-order valence-corrected chi connectivity index (χ1v) is 6.13. The molecule has 0 bridgehead atoms. The fourth-order valence-corrected chi connectivity index (χ4v) is 2.52. The van der Waals surface area contributed by atoms with Crippen molar-refractivity contribution in [3.8, 4) is 11.6 Å². The molecule has 0 saturated carbocycles. The van der Waals surface area contributed by atoms with Gasteiger partial charge in [-0.2, -0.15) is 0 Å². The van der Waals surface area contributed by atoms with E-state index in [1.807, 2.05) is 12.1 Å². The molecule has 0 radical (unpaired) electrons. The van der Waals surface area contributed by atoms with E-state index < -0.39 is 0 Å². The topological polar surface area (TPSA) is 51.2 Å². The number of furan rings is 1. The molecule has 1 N–H and O–H groups in total. The zero-order valence-corrected chi connectivity index (χ0v) is 9.72. The number of aliphatic hydroxyl groups is 1. The van der Waals surface area contributed by atoms with E-state index in [1.54, 1.807) is 6.26 Å². The van der Waals surface area contributed by atoms with E-state index in [0.29, 0.717) is 6.42 Å². The van der Waals surface area contributed by atoms with Crippen LogP contribution in [0.3, 0.4) is 0 Å². The molecular weight excluding hydrogens is 216 g/mol. The normalized spacial score (nSPS) is 14.9. The summed E-state index contributed by atoms with van der Waals surface area (Å²) in [6.45, 7) is 1.16. The maximum absolute atomic E-state index is 9.09. The van der Waals surface area contributed by atoms with Crippen LogP contribution in [-0.4, -0.2) is 21.3 Å². The molecule has 1 aliphatic heterocycles. The molecule has 3 heterocycles. The van der Waals surface area contributed by atoms with Gasteiger partial charge in [0, 0.05) is 25.3 Å². The minimum atomic E-state index is 0.154. The quantitative estimate of drug-likeness (QED) is 0.880. The molecular formula is C13H16N2O2. The van der Waals surface area contributed by atoms with E-state index in [9.17, 15) is 0 Å². The van der Waals surface area contributed by atoms with E-state index >= 15 is 0 Å². The van der Waals surface area contributed by atoms with Crippen LogP contribution in [0.5, 0.6) is 0 Å². The van der Waals surface area contributed by atoms with E-state index in [-0.39, 0.29) is 6.61 Å². The van der Waals surface area contributed by atoms with Gasteiger partial charge in [-0.1, -0.05) is 0 Å². The smallest absolute Gasteiger partial charge is 0.176 e. The number of nitrogens with zero attached hydrogens (tertiary/aromatic N) is 2. The largest absolute Gasteiger partial charge is 0.461 e. The lowest BCUT2D eigenvalue weighted by atomic mass is 10.1. The number of aliphatic hydroxyl groups excluding tert-OH is 1. The molecule has 90 valence electrons. The zero-order valence-electron chi connectivity index (χ0n) is 9.72. The van der Waals surface area contributed by atoms with Gasteiger partial charge in [0.1, 0.15) is 0 Å². The Balaban J connectivity index is 2.09. The number of fused-ring (bicyclic) bond motifs is 1. The van der Waals surface area contributed by atoms with Crippen molar-refractivity contribution in [2.45, 2.75) is 32.2 Å². The molecule has 0 unspecified atom stereocenters. The van der Waals surface area contributed by atoms with Crippen molar-refractivity contribution in [1.29, 1.82) is 0 Å². The van der Waals surface area contributed by atoms with Crippen molar-refractivity contribution in [3.05, 3.63) is 29.8 Å². The van der Waals surface area contributed by atoms with Gasteiger partial charge in [0.25, 0.3) is 0 Å². The van der Waals surface area contributed by atoms with Crippen LogP contribution in [0, 0.1) is 0 Å². The van der Waals surface area contributed by atoms with Crippen LogP contribution in [0.25, 0.3) is 11.6 Å². The molecule has 1 aliphatic rings. The lowest BCUT2D eigenvalue weighted by molar-refractivity contribution is 0.297. The van der Waals surface area contributed by atoms with Gasteiger partial charge in [-0.25, -0.2) is 4.98 Å². The highest BCUT2D eigenvalue weighted by atomic mass is 16.3. The highest BCUT2D eigenvalue weighted by Gasteiger charge is 2.21. The second-order valence-corrected chi connectivity index (χ2v) is 4.39. The molecule has 0 aromatic carbocycles. The summed E-state index contributed by atoms with van der Waals surface area (Å²) in [4.78, 5) is 4.63. The Kier molecular flexibility index (Phi) is 2.73.